The van der Waals surface area contributed by atoms with E-state index in [0.29, 0.717) is 27.7 Å². The van der Waals surface area contributed by atoms with Gasteiger partial charge in [0.25, 0.3) is 0 Å². The van der Waals surface area contributed by atoms with Crippen molar-refractivity contribution in [3.8, 4) is 6.07 Å². The number of nitrogens with zero attached hydrogens (tertiary/aromatic N) is 5. The zero-order valence-electron chi connectivity index (χ0n) is 21.5. The third kappa shape index (κ3) is 5.51. The van der Waals surface area contributed by atoms with Gasteiger partial charge in [0.05, 0.1) is 45.8 Å². The van der Waals surface area contributed by atoms with Crippen LogP contribution in [0.15, 0.2) is 73.1 Å². The second kappa shape index (κ2) is 11.8. The summed E-state index contributed by atoms with van der Waals surface area (Å²) in [6.45, 7) is -1.09. The van der Waals surface area contributed by atoms with Gasteiger partial charge in [-0.3, -0.25) is 4.98 Å². The number of anilines is 2. The first-order valence-corrected chi connectivity index (χ1v) is 12.9. The molecule has 2 heterocycles. The van der Waals surface area contributed by atoms with Crippen molar-refractivity contribution in [3.63, 3.8) is 0 Å². The quantitative estimate of drug-likeness (QED) is 0.173. The Morgan fingerprint density at radius 3 is 2.51 bits per heavy atom. The Morgan fingerprint density at radius 1 is 1.02 bits per heavy atom. The van der Waals surface area contributed by atoms with Crippen LogP contribution in [0.3, 0.4) is 0 Å². The molecule has 0 spiro atoms. The van der Waals surface area contributed by atoms with Gasteiger partial charge in [0, 0.05) is 22.8 Å². The van der Waals surface area contributed by atoms with E-state index in [-0.39, 0.29) is 33.6 Å². The average Bonchev–Trinajstić information content (AvgIpc) is 3.47. The zero-order valence-corrected chi connectivity index (χ0v) is 22.2. The minimum atomic E-state index is -3.09. The maximum atomic E-state index is 15.0. The minimum absolute atomic E-state index is 0.162. The number of hydrogen-bond donors (Lipinski definition) is 2. The van der Waals surface area contributed by atoms with Crippen LogP contribution in [-0.2, 0) is 0 Å². The van der Waals surface area contributed by atoms with Crippen LogP contribution in [0.5, 0.6) is 0 Å². The number of fused-ring (bicyclic) bond motifs is 1. The lowest BCUT2D eigenvalue weighted by Gasteiger charge is -2.23. The van der Waals surface area contributed by atoms with Crippen molar-refractivity contribution in [1.29, 1.82) is 5.26 Å². The van der Waals surface area contributed by atoms with Gasteiger partial charge in [-0.15, -0.1) is 5.10 Å². The predicted octanol–water partition coefficient (Wildman–Crippen LogP) is 7.79. The van der Waals surface area contributed by atoms with E-state index in [1.165, 1.54) is 24.4 Å². The molecule has 0 bridgehead atoms. The standard InChI is InChI=1S/C29H22ClF4N7/c1-2-23(16-7-4-3-5-8-16)39-26-17(13-35)14-36-27-20(26)11-18(12-21(27)30)38-28(19-9-6-10-22(31)25(19)32)24-15-37-40-41(24)29(33)34/h3-12,14-15,23,28-29,38H,2H2,1H3,(H,36,39). The number of hydrogen-bond acceptors (Lipinski definition) is 6. The highest BCUT2D eigenvalue weighted by molar-refractivity contribution is 6.35. The van der Waals surface area contributed by atoms with E-state index in [1.54, 1.807) is 6.07 Å². The van der Waals surface area contributed by atoms with Crippen molar-refractivity contribution >= 4 is 33.9 Å². The summed E-state index contributed by atoms with van der Waals surface area (Å²) in [7, 11) is 0. The van der Waals surface area contributed by atoms with Gasteiger partial charge in [-0.05, 0) is 30.2 Å². The number of alkyl halides is 2. The molecular formula is C29H22ClF4N7. The van der Waals surface area contributed by atoms with E-state index in [2.05, 4.69) is 32.0 Å². The maximum absolute atomic E-state index is 15.0. The summed E-state index contributed by atoms with van der Waals surface area (Å²) >= 11 is 6.61. The second-order valence-corrected chi connectivity index (χ2v) is 9.54. The summed E-state index contributed by atoms with van der Waals surface area (Å²) in [5.41, 5.74) is 1.92. The Morgan fingerprint density at radius 2 is 1.80 bits per heavy atom. The van der Waals surface area contributed by atoms with Gasteiger partial charge in [0.1, 0.15) is 6.07 Å². The summed E-state index contributed by atoms with van der Waals surface area (Å²) in [6, 6.07) is 16.9. The summed E-state index contributed by atoms with van der Waals surface area (Å²) in [5.74, 6) is -2.37. The van der Waals surface area contributed by atoms with E-state index >= 15 is 0 Å². The van der Waals surface area contributed by atoms with Gasteiger partial charge in [-0.1, -0.05) is 66.2 Å². The fraction of sp³-hybridized carbons (Fsp3) is 0.172. The Balaban J connectivity index is 1.65. The van der Waals surface area contributed by atoms with Crippen molar-refractivity contribution in [3.05, 3.63) is 112 Å². The molecule has 0 aliphatic heterocycles. The molecular weight excluding hydrogens is 558 g/mol. The van der Waals surface area contributed by atoms with Crippen LogP contribution in [0.4, 0.5) is 28.9 Å². The third-order valence-corrected chi connectivity index (χ3v) is 6.95. The number of aromatic nitrogens is 4. The molecule has 0 aliphatic rings. The fourth-order valence-electron chi connectivity index (χ4n) is 4.69. The monoisotopic (exact) mass is 579 g/mol. The highest BCUT2D eigenvalue weighted by Gasteiger charge is 2.27. The molecule has 5 rings (SSSR count). The Kier molecular flexibility index (Phi) is 8.03. The molecule has 2 N–H and O–H groups in total. The van der Waals surface area contributed by atoms with Crippen LogP contribution in [0.25, 0.3) is 10.9 Å². The lowest BCUT2D eigenvalue weighted by Crippen LogP contribution is -2.20. The lowest BCUT2D eigenvalue weighted by atomic mass is 10.0. The smallest absolute Gasteiger partial charge is 0.334 e. The fourth-order valence-corrected chi connectivity index (χ4v) is 4.96. The van der Waals surface area contributed by atoms with Crippen LogP contribution >= 0.6 is 11.6 Å². The largest absolute Gasteiger partial charge is 0.377 e. The van der Waals surface area contributed by atoms with Crippen LogP contribution in [0, 0.1) is 23.0 Å². The molecule has 3 aromatic carbocycles. The van der Waals surface area contributed by atoms with Crippen molar-refractivity contribution in [2.45, 2.75) is 32.0 Å². The number of halogens is 5. The third-order valence-electron chi connectivity index (χ3n) is 6.66. The molecule has 2 unspecified atom stereocenters. The van der Waals surface area contributed by atoms with Crippen molar-refractivity contribution in [2.75, 3.05) is 10.6 Å². The summed E-state index contributed by atoms with van der Waals surface area (Å²) in [6.07, 6.45) is 3.15. The molecule has 0 amide bonds. The SMILES string of the molecule is CCC(Nc1c(C#N)cnc2c(Cl)cc(NC(c3cccc(F)c3F)c3cnnn3C(F)F)cc12)c1ccccc1. The van der Waals surface area contributed by atoms with Gasteiger partial charge in [0.2, 0.25) is 0 Å². The lowest BCUT2D eigenvalue weighted by molar-refractivity contribution is 0.0511. The maximum Gasteiger partial charge on any atom is 0.334 e. The zero-order chi connectivity index (χ0) is 29.1. The van der Waals surface area contributed by atoms with Gasteiger partial charge in [0.15, 0.2) is 11.6 Å². The highest BCUT2D eigenvalue weighted by atomic mass is 35.5. The van der Waals surface area contributed by atoms with Gasteiger partial charge in [-0.2, -0.15) is 18.7 Å². The van der Waals surface area contributed by atoms with Crippen molar-refractivity contribution in [2.24, 2.45) is 0 Å². The summed E-state index contributed by atoms with van der Waals surface area (Å²) in [5, 5.41) is 23.9. The van der Waals surface area contributed by atoms with E-state index in [0.717, 1.165) is 17.8 Å². The predicted molar refractivity (Wildman–Crippen MR) is 148 cm³/mol. The van der Waals surface area contributed by atoms with Crippen LogP contribution in [-0.4, -0.2) is 20.0 Å². The molecule has 12 heteroatoms. The molecule has 41 heavy (non-hydrogen) atoms. The van der Waals surface area contributed by atoms with Gasteiger partial charge < -0.3 is 10.6 Å². The topological polar surface area (TPSA) is 91.4 Å². The minimum Gasteiger partial charge on any atom is -0.377 e. The number of benzene rings is 3. The normalized spacial score (nSPS) is 12.7. The molecule has 0 saturated heterocycles. The number of rotatable bonds is 9. The number of nitrogens with one attached hydrogen (secondary N) is 2. The number of pyridine rings is 1. The Hall–Kier alpha value is -4.69. The molecule has 5 aromatic rings. The second-order valence-electron chi connectivity index (χ2n) is 9.13. The van der Waals surface area contributed by atoms with Crippen LogP contribution < -0.4 is 10.6 Å². The molecule has 0 fully saturated rings. The van der Waals surface area contributed by atoms with E-state index < -0.39 is 24.2 Å². The summed E-state index contributed by atoms with van der Waals surface area (Å²) in [4.78, 5) is 4.35. The first-order chi connectivity index (χ1) is 19.8. The highest BCUT2D eigenvalue weighted by Crippen LogP contribution is 2.38. The molecule has 2 aromatic heterocycles. The molecule has 0 aliphatic carbocycles. The van der Waals surface area contributed by atoms with Crippen molar-refractivity contribution in [1.82, 2.24) is 20.0 Å². The number of nitriles is 1. The summed E-state index contributed by atoms with van der Waals surface area (Å²) < 4.78 is 57.0. The van der Waals surface area contributed by atoms with Gasteiger partial charge >= 0.3 is 6.55 Å². The molecule has 2 atom stereocenters. The van der Waals surface area contributed by atoms with Crippen LogP contribution in [0.1, 0.15) is 54.4 Å². The Bertz CT molecular complexity index is 1740. The van der Waals surface area contributed by atoms with E-state index in [4.69, 9.17) is 11.6 Å². The van der Waals surface area contributed by atoms with Crippen molar-refractivity contribution < 1.29 is 17.6 Å². The molecule has 0 saturated carbocycles. The molecule has 7 nitrogen and oxygen atoms in total. The molecule has 208 valence electrons. The first kappa shape index (κ1) is 27.9. The molecule has 0 radical (unpaired) electrons. The average molecular weight is 580 g/mol. The van der Waals surface area contributed by atoms with E-state index in [9.17, 15) is 22.8 Å². The van der Waals surface area contributed by atoms with Crippen LogP contribution in [0.2, 0.25) is 5.02 Å². The Labute approximate surface area is 237 Å². The van der Waals surface area contributed by atoms with E-state index in [1.807, 2.05) is 37.3 Å². The first-order valence-electron chi connectivity index (χ1n) is 12.5. The van der Waals surface area contributed by atoms with Gasteiger partial charge in [-0.25, -0.2) is 8.78 Å².